The quantitative estimate of drug-likeness (QED) is 0.879. The molecule has 2 aromatic rings. The molecule has 0 atom stereocenters. The molecule has 0 spiro atoms. The maximum atomic E-state index is 13.6. The van der Waals surface area contributed by atoms with Crippen molar-refractivity contribution in [2.24, 2.45) is 0 Å². The van der Waals surface area contributed by atoms with E-state index in [9.17, 15) is 18.4 Å². The number of nitrogens with zero attached hydrogens (tertiary/aromatic N) is 1. The summed E-state index contributed by atoms with van der Waals surface area (Å²) in [5.41, 5.74) is 0.0173. The molecule has 0 aromatic heterocycles. The Hall–Kier alpha value is -3.27. The van der Waals surface area contributed by atoms with Gasteiger partial charge in [0.05, 0.1) is 17.2 Å². The molecule has 23 heavy (non-hydrogen) atoms. The van der Waals surface area contributed by atoms with Gasteiger partial charge in [-0.25, -0.2) is 13.6 Å². The van der Waals surface area contributed by atoms with Gasteiger partial charge in [-0.3, -0.25) is 4.79 Å². The number of carbonyl (C=O) groups is 2. The van der Waals surface area contributed by atoms with Crippen molar-refractivity contribution in [3.8, 4) is 6.07 Å². The highest BCUT2D eigenvalue weighted by atomic mass is 19.1. The predicted molar refractivity (Wildman–Crippen MR) is 76.4 cm³/mol. The van der Waals surface area contributed by atoms with Crippen LogP contribution in [0.5, 0.6) is 0 Å². The zero-order valence-corrected chi connectivity index (χ0v) is 11.7. The summed E-state index contributed by atoms with van der Waals surface area (Å²) in [5, 5.41) is 11.0. The highest BCUT2D eigenvalue weighted by Gasteiger charge is 2.15. The molecule has 0 fully saturated rings. The smallest absolute Gasteiger partial charge is 0.341 e. The third-order valence-electron chi connectivity index (χ3n) is 2.78. The largest absolute Gasteiger partial charge is 0.452 e. The first-order valence-electron chi connectivity index (χ1n) is 6.42. The number of hydrogen-bond donors (Lipinski definition) is 1. The number of esters is 1. The van der Waals surface area contributed by atoms with Gasteiger partial charge < -0.3 is 10.1 Å². The van der Waals surface area contributed by atoms with Crippen LogP contribution in [-0.4, -0.2) is 18.5 Å². The van der Waals surface area contributed by atoms with Crippen LogP contribution in [0.15, 0.2) is 42.5 Å². The molecular formula is C16H10F2N2O3. The monoisotopic (exact) mass is 316 g/mol. The number of nitrogens with one attached hydrogen (secondary N) is 1. The molecule has 0 aliphatic carbocycles. The Kier molecular flexibility index (Phi) is 5.00. The molecule has 0 aliphatic heterocycles. The van der Waals surface area contributed by atoms with E-state index in [1.807, 2.05) is 0 Å². The fourth-order valence-corrected chi connectivity index (χ4v) is 1.69. The minimum Gasteiger partial charge on any atom is -0.452 e. The number of hydrogen-bond acceptors (Lipinski definition) is 4. The van der Waals surface area contributed by atoms with E-state index in [-0.39, 0.29) is 11.1 Å². The van der Waals surface area contributed by atoms with Gasteiger partial charge in [-0.05, 0) is 42.5 Å². The van der Waals surface area contributed by atoms with Crippen molar-refractivity contribution < 1.29 is 23.1 Å². The standard InChI is InChI=1S/C16H10F2N2O3/c17-11-2-4-12(5-3-11)20-15(21)9-23-16(22)13-6-1-10(8-19)7-14(13)18/h1-7H,9H2,(H,20,21). The molecule has 0 aliphatic rings. The zero-order valence-electron chi connectivity index (χ0n) is 11.7. The molecule has 2 aromatic carbocycles. The van der Waals surface area contributed by atoms with E-state index >= 15 is 0 Å². The molecule has 116 valence electrons. The Morgan fingerprint density at radius 3 is 2.43 bits per heavy atom. The Labute approximate surface area is 130 Å². The molecule has 0 radical (unpaired) electrons. The molecule has 0 bridgehead atoms. The SMILES string of the molecule is N#Cc1ccc(C(=O)OCC(=O)Nc2ccc(F)cc2)c(F)c1. The summed E-state index contributed by atoms with van der Waals surface area (Å²) in [6, 6.07) is 10.0. The van der Waals surface area contributed by atoms with Crippen LogP contribution >= 0.6 is 0 Å². The third kappa shape index (κ3) is 4.35. The number of anilines is 1. The van der Waals surface area contributed by atoms with Crippen molar-refractivity contribution in [3.63, 3.8) is 0 Å². The van der Waals surface area contributed by atoms with Gasteiger partial charge in [-0.2, -0.15) is 5.26 Å². The first-order chi connectivity index (χ1) is 11.0. The molecule has 0 heterocycles. The van der Waals surface area contributed by atoms with Crippen LogP contribution in [0.25, 0.3) is 0 Å². The van der Waals surface area contributed by atoms with Crippen molar-refractivity contribution in [2.45, 2.75) is 0 Å². The van der Waals surface area contributed by atoms with Crippen LogP contribution in [0.3, 0.4) is 0 Å². The molecule has 0 saturated heterocycles. The van der Waals surface area contributed by atoms with Crippen LogP contribution in [0.2, 0.25) is 0 Å². The second-order valence-electron chi connectivity index (χ2n) is 4.44. The number of nitriles is 1. The van der Waals surface area contributed by atoms with Crippen LogP contribution < -0.4 is 5.32 Å². The highest BCUT2D eigenvalue weighted by Crippen LogP contribution is 2.12. The Bertz CT molecular complexity index is 783. The van der Waals surface area contributed by atoms with Crippen LogP contribution in [0.4, 0.5) is 14.5 Å². The minimum absolute atomic E-state index is 0.0631. The first kappa shape index (κ1) is 16.1. The zero-order chi connectivity index (χ0) is 16.8. The van der Waals surface area contributed by atoms with E-state index in [1.165, 1.54) is 18.2 Å². The maximum Gasteiger partial charge on any atom is 0.341 e. The Morgan fingerprint density at radius 1 is 1.13 bits per heavy atom. The summed E-state index contributed by atoms with van der Waals surface area (Å²) in [7, 11) is 0. The van der Waals surface area contributed by atoms with E-state index in [1.54, 1.807) is 6.07 Å². The third-order valence-corrected chi connectivity index (χ3v) is 2.78. The number of carbonyl (C=O) groups excluding carboxylic acids is 2. The first-order valence-corrected chi connectivity index (χ1v) is 6.42. The minimum atomic E-state index is -1.03. The van der Waals surface area contributed by atoms with E-state index in [0.717, 1.165) is 24.3 Å². The summed E-state index contributed by atoms with van der Waals surface area (Å²) < 4.78 is 31.0. The van der Waals surface area contributed by atoms with Crippen LogP contribution in [-0.2, 0) is 9.53 Å². The Morgan fingerprint density at radius 2 is 1.83 bits per heavy atom. The van der Waals surface area contributed by atoms with Crippen LogP contribution in [0.1, 0.15) is 15.9 Å². The second-order valence-corrected chi connectivity index (χ2v) is 4.44. The fourth-order valence-electron chi connectivity index (χ4n) is 1.69. The van der Waals surface area contributed by atoms with E-state index in [4.69, 9.17) is 10.00 Å². The number of benzene rings is 2. The van der Waals surface area contributed by atoms with Crippen molar-refractivity contribution in [1.29, 1.82) is 5.26 Å². The predicted octanol–water partition coefficient (Wildman–Crippen LogP) is 2.63. The lowest BCUT2D eigenvalue weighted by Crippen LogP contribution is -2.21. The number of halogens is 2. The van der Waals surface area contributed by atoms with E-state index in [2.05, 4.69) is 5.32 Å². The maximum absolute atomic E-state index is 13.6. The van der Waals surface area contributed by atoms with Gasteiger partial charge in [-0.15, -0.1) is 0 Å². The van der Waals surface area contributed by atoms with Gasteiger partial charge >= 0.3 is 5.97 Å². The van der Waals surface area contributed by atoms with Gasteiger partial charge in [-0.1, -0.05) is 0 Å². The van der Waals surface area contributed by atoms with E-state index < -0.39 is 30.1 Å². The molecular weight excluding hydrogens is 306 g/mol. The van der Waals surface area contributed by atoms with Crippen LogP contribution in [0, 0.1) is 23.0 Å². The molecule has 0 saturated carbocycles. The Balaban J connectivity index is 1.92. The summed E-state index contributed by atoms with van der Waals surface area (Å²) >= 11 is 0. The summed E-state index contributed by atoms with van der Waals surface area (Å²) in [6.45, 7) is -0.629. The van der Waals surface area contributed by atoms with Gasteiger partial charge in [0.25, 0.3) is 5.91 Å². The average Bonchev–Trinajstić information content (AvgIpc) is 2.54. The molecule has 0 unspecified atom stereocenters. The van der Waals surface area contributed by atoms with Gasteiger partial charge in [0, 0.05) is 5.69 Å². The number of rotatable bonds is 4. The van der Waals surface area contributed by atoms with Gasteiger partial charge in [0.1, 0.15) is 11.6 Å². The lowest BCUT2D eigenvalue weighted by molar-refractivity contribution is -0.119. The summed E-state index contributed by atoms with van der Waals surface area (Å²) in [4.78, 5) is 23.3. The van der Waals surface area contributed by atoms with Gasteiger partial charge in [0.2, 0.25) is 0 Å². The van der Waals surface area contributed by atoms with E-state index in [0.29, 0.717) is 5.69 Å². The second kappa shape index (κ2) is 7.13. The molecule has 1 N–H and O–H groups in total. The summed E-state index contributed by atoms with van der Waals surface area (Å²) in [5.74, 6) is -3.04. The topological polar surface area (TPSA) is 79.2 Å². The fraction of sp³-hybridized carbons (Fsp3) is 0.0625. The van der Waals surface area contributed by atoms with Crippen molar-refractivity contribution >= 4 is 17.6 Å². The van der Waals surface area contributed by atoms with Gasteiger partial charge in [0.15, 0.2) is 6.61 Å². The van der Waals surface area contributed by atoms with Crippen molar-refractivity contribution in [2.75, 3.05) is 11.9 Å². The molecule has 7 heteroatoms. The lowest BCUT2D eigenvalue weighted by atomic mass is 10.1. The summed E-state index contributed by atoms with van der Waals surface area (Å²) in [6.07, 6.45) is 0. The van der Waals surface area contributed by atoms with Crippen molar-refractivity contribution in [3.05, 3.63) is 65.2 Å². The normalized spacial score (nSPS) is 9.78. The average molecular weight is 316 g/mol. The molecule has 1 amide bonds. The van der Waals surface area contributed by atoms with Crippen molar-refractivity contribution in [1.82, 2.24) is 0 Å². The molecule has 5 nitrogen and oxygen atoms in total. The highest BCUT2D eigenvalue weighted by molar-refractivity contribution is 5.95. The number of ether oxygens (including phenoxy) is 1. The molecule has 2 rings (SSSR count). The lowest BCUT2D eigenvalue weighted by Gasteiger charge is -2.07. The number of amides is 1.